The second kappa shape index (κ2) is 7.94. The number of nitrogens with zero attached hydrogens (tertiary/aromatic N) is 2. The van der Waals surface area contributed by atoms with E-state index in [0.29, 0.717) is 24.2 Å². The third-order valence-electron chi connectivity index (χ3n) is 5.98. The molecule has 1 aliphatic heterocycles. The van der Waals surface area contributed by atoms with Crippen molar-refractivity contribution in [3.05, 3.63) is 64.8 Å². The number of Topliss-reactive ketones (excluding diaryl/α,β-unsaturated/α-hetero) is 1. The average molecular weight is 440 g/mol. The highest BCUT2D eigenvalue weighted by molar-refractivity contribution is 7.89. The minimum Gasteiger partial charge on any atom is -0.358 e. The second-order valence-corrected chi connectivity index (χ2v) is 9.85. The van der Waals surface area contributed by atoms with Crippen molar-refractivity contribution in [3.63, 3.8) is 0 Å². The van der Waals surface area contributed by atoms with E-state index in [9.17, 15) is 18.0 Å². The fraction of sp³-hybridized carbons (Fsp3) is 0.304. The zero-order chi connectivity index (χ0) is 22.3. The summed E-state index contributed by atoms with van der Waals surface area (Å²) in [5, 5.41) is 1.03. The summed E-state index contributed by atoms with van der Waals surface area (Å²) < 4.78 is 27.3. The van der Waals surface area contributed by atoms with E-state index in [4.69, 9.17) is 0 Å². The quantitative estimate of drug-likeness (QED) is 0.633. The molecule has 1 aromatic heterocycles. The minimum absolute atomic E-state index is 0.0944. The maximum atomic E-state index is 13.0. The predicted octanol–water partition coefficient (Wildman–Crippen LogP) is 3.13. The monoisotopic (exact) mass is 439 g/mol. The predicted molar refractivity (Wildman–Crippen MR) is 119 cm³/mol. The van der Waals surface area contributed by atoms with Crippen LogP contribution in [0.1, 0.15) is 38.9 Å². The van der Waals surface area contributed by atoms with Crippen molar-refractivity contribution in [2.24, 2.45) is 0 Å². The number of aryl methyl sites for hydroxylation is 2. The number of aromatic amines is 1. The van der Waals surface area contributed by atoms with Gasteiger partial charge in [-0.15, -0.1) is 0 Å². The zero-order valence-electron chi connectivity index (χ0n) is 17.8. The fourth-order valence-corrected chi connectivity index (χ4v) is 5.34. The standard InChI is InChI=1S/C23H25N3O4S/c1-15-16(2)24-22-9-6-19(14-21(15)22)23(28)25-10-12-26(13-11-25)31(29,30)20-7-4-18(5-8-20)17(3)27/h4-9,14,24H,10-13H2,1-3H3. The van der Waals surface area contributed by atoms with Crippen LogP contribution in [0.15, 0.2) is 47.4 Å². The van der Waals surface area contributed by atoms with Gasteiger partial charge in [0.25, 0.3) is 5.91 Å². The van der Waals surface area contributed by atoms with E-state index in [0.717, 1.165) is 22.2 Å². The van der Waals surface area contributed by atoms with Crippen molar-refractivity contribution in [3.8, 4) is 0 Å². The first-order chi connectivity index (χ1) is 14.7. The molecule has 0 aliphatic carbocycles. The molecule has 1 N–H and O–H groups in total. The molecule has 0 atom stereocenters. The van der Waals surface area contributed by atoms with E-state index in [1.807, 2.05) is 26.0 Å². The first-order valence-electron chi connectivity index (χ1n) is 10.2. The number of piperazine rings is 1. The zero-order valence-corrected chi connectivity index (χ0v) is 18.6. The molecule has 1 amide bonds. The largest absolute Gasteiger partial charge is 0.358 e. The van der Waals surface area contributed by atoms with Crippen molar-refractivity contribution >= 4 is 32.6 Å². The van der Waals surface area contributed by atoms with Gasteiger partial charge in [-0.3, -0.25) is 9.59 Å². The third kappa shape index (κ3) is 3.88. The number of rotatable bonds is 4. The van der Waals surface area contributed by atoms with Crippen molar-refractivity contribution < 1.29 is 18.0 Å². The maximum Gasteiger partial charge on any atom is 0.253 e. The van der Waals surface area contributed by atoms with Gasteiger partial charge in [0.1, 0.15) is 0 Å². The van der Waals surface area contributed by atoms with Gasteiger partial charge >= 0.3 is 0 Å². The molecule has 0 unspecified atom stereocenters. The van der Waals surface area contributed by atoms with Crippen molar-refractivity contribution in [1.29, 1.82) is 0 Å². The highest BCUT2D eigenvalue weighted by Gasteiger charge is 2.30. The molecule has 2 aromatic carbocycles. The Morgan fingerprint density at radius 1 is 0.903 bits per heavy atom. The summed E-state index contributed by atoms with van der Waals surface area (Å²) >= 11 is 0. The number of hydrogen-bond donors (Lipinski definition) is 1. The summed E-state index contributed by atoms with van der Waals surface area (Å²) in [6, 6.07) is 11.6. The Balaban J connectivity index is 1.47. The number of nitrogens with one attached hydrogen (secondary N) is 1. The summed E-state index contributed by atoms with van der Waals surface area (Å²) in [5.41, 5.74) is 4.27. The lowest BCUT2D eigenvalue weighted by Gasteiger charge is -2.34. The van der Waals surface area contributed by atoms with Gasteiger partial charge in [-0.05, 0) is 56.7 Å². The molecule has 1 saturated heterocycles. The van der Waals surface area contributed by atoms with Crippen LogP contribution in [0.5, 0.6) is 0 Å². The summed E-state index contributed by atoms with van der Waals surface area (Å²) in [7, 11) is -3.67. The van der Waals surface area contributed by atoms with Crippen molar-refractivity contribution in [1.82, 2.24) is 14.2 Å². The Labute approximate surface area is 181 Å². The molecule has 0 spiro atoms. The smallest absolute Gasteiger partial charge is 0.253 e. The summed E-state index contributed by atoms with van der Waals surface area (Å²) in [5.74, 6) is -0.206. The van der Waals surface area contributed by atoms with Gasteiger partial charge in [0.2, 0.25) is 10.0 Å². The first-order valence-corrected chi connectivity index (χ1v) is 11.6. The van der Waals surface area contributed by atoms with Crippen LogP contribution in [0.4, 0.5) is 0 Å². The lowest BCUT2D eigenvalue weighted by Crippen LogP contribution is -2.50. The molecule has 8 heteroatoms. The van der Waals surface area contributed by atoms with E-state index in [-0.39, 0.29) is 29.7 Å². The van der Waals surface area contributed by atoms with E-state index in [1.54, 1.807) is 11.0 Å². The first kappa shape index (κ1) is 21.3. The highest BCUT2D eigenvalue weighted by atomic mass is 32.2. The number of carbonyl (C=O) groups is 2. The molecule has 1 aliphatic rings. The topological polar surface area (TPSA) is 90.6 Å². The number of sulfonamides is 1. The van der Waals surface area contributed by atoms with Gasteiger partial charge in [-0.1, -0.05) is 12.1 Å². The molecule has 3 aromatic rings. The molecule has 4 rings (SSSR count). The summed E-state index contributed by atoms with van der Waals surface area (Å²) in [4.78, 5) is 29.6. The van der Waals surface area contributed by atoms with Crippen LogP contribution < -0.4 is 0 Å². The molecular weight excluding hydrogens is 414 g/mol. The number of aromatic nitrogens is 1. The Morgan fingerprint density at radius 2 is 1.52 bits per heavy atom. The van der Waals surface area contributed by atoms with Gasteiger partial charge in [0.15, 0.2) is 5.78 Å². The van der Waals surface area contributed by atoms with Crippen LogP contribution in [-0.4, -0.2) is 60.5 Å². The molecule has 0 radical (unpaired) electrons. The molecule has 162 valence electrons. The third-order valence-corrected chi connectivity index (χ3v) is 7.89. The van der Waals surface area contributed by atoms with Gasteiger partial charge in [-0.25, -0.2) is 8.42 Å². The molecule has 31 heavy (non-hydrogen) atoms. The number of benzene rings is 2. The average Bonchev–Trinajstić information content (AvgIpc) is 3.06. The normalized spacial score (nSPS) is 15.4. The van der Waals surface area contributed by atoms with Gasteiger partial charge in [0, 0.05) is 53.9 Å². The Hall–Kier alpha value is -2.97. The molecule has 1 fully saturated rings. The highest BCUT2D eigenvalue weighted by Crippen LogP contribution is 2.24. The van der Waals surface area contributed by atoms with E-state index >= 15 is 0 Å². The fourth-order valence-electron chi connectivity index (χ4n) is 3.92. The number of hydrogen-bond acceptors (Lipinski definition) is 4. The van der Waals surface area contributed by atoms with Crippen LogP contribution >= 0.6 is 0 Å². The van der Waals surface area contributed by atoms with Gasteiger partial charge in [-0.2, -0.15) is 4.31 Å². The van der Waals surface area contributed by atoms with Crippen LogP contribution in [0.3, 0.4) is 0 Å². The van der Waals surface area contributed by atoms with E-state index < -0.39 is 10.0 Å². The summed E-state index contributed by atoms with van der Waals surface area (Å²) in [6.07, 6.45) is 0. The lowest BCUT2D eigenvalue weighted by molar-refractivity contribution is 0.0698. The van der Waals surface area contributed by atoms with Crippen molar-refractivity contribution in [2.45, 2.75) is 25.7 Å². The Bertz CT molecular complexity index is 1270. The van der Waals surface area contributed by atoms with Gasteiger partial charge in [0.05, 0.1) is 4.90 Å². The number of ketones is 1. The van der Waals surface area contributed by atoms with Crippen LogP contribution in [-0.2, 0) is 10.0 Å². The van der Waals surface area contributed by atoms with E-state index in [2.05, 4.69) is 4.98 Å². The Morgan fingerprint density at radius 3 is 2.13 bits per heavy atom. The molecule has 0 bridgehead atoms. The van der Waals surface area contributed by atoms with Gasteiger partial charge < -0.3 is 9.88 Å². The van der Waals surface area contributed by atoms with Crippen molar-refractivity contribution in [2.75, 3.05) is 26.2 Å². The number of carbonyl (C=O) groups excluding carboxylic acids is 2. The van der Waals surface area contributed by atoms with Crippen LogP contribution in [0.2, 0.25) is 0 Å². The molecule has 0 saturated carbocycles. The second-order valence-electron chi connectivity index (χ2n) is 7.91. The molecule has 7 nitrogen and oxygen atoms in total. The number of amides is 1. The molecule has 2 heterocycles. The molecular formula is C23H25N3O4S. The van der Waals surface area contributed by atoms with Crippen LogP contribution in [0, 0.1) is 13.8 Å². The minimum atomic E-state index is -3.67. The Kier molecular flexibility index (Phi) is 5.45. The SMILES string of the molecule is CC(=O)c1ccc(S(=O)(=O)N2CCN(C(=O)c3ccc4[nH]c(C)c(C)c4c3)CC2)cc1. The maximum absolute atomic E-state index is 13.0. The lowest BCUT2D eigenvalue weighted by atomic mass is 10.1. The van der Waals surface area contributed by atoms with Crippen LogP contribution in [0.25, 0.3) is 10.9 Å². The number of fused-ring (bicyclic) bond motifs is 1. The summed E-state index contributed by atoms with van der Waals surface area (Å²) in [6.45, 7) is 6.58. The number of H-pyrrole nitrogens is 1. The van der Waals surface area contributed by atoms with E-state index in [1.165, 1.54) is 35.5 Å².